The number of amides is 2. The minimum Gasteiger partial charge on any atom is -0.490 e. The van der Waals surface area contributed by atoms with Crippen molar-refractivity contribution < 1.29 is 14.3 Å². The van der Waals surface area contributed by atoms with Gasteiger partial charge in [0.2, 0.25) is 5.91 Å². The Kier molecular flexibility index (Phi) is 6.44. The van der Waals surface area contributed by atoms with Gasteiger partial charge in [-0.25, -0.2) is 0 Å². The maximum Gasteiger partial charge on any atom is 0.258 e. The van der Waals surface area contributed by atoms with Crippen molar-refractivity contribution in [3.8, 4) is 5.75 Å². The summed E-state index contributed by atoms with van der Waals surface area (Å²) in [5.74, 6) is 0.960. The largest absolute Gasteiger partial charge is 0.490 e. The Morgan fingerprint density at radius 3 is 2.41 bits per heavy atom. The zero-order chi connectivity index (χ0) is 23.5. The first-order chi connectivity index (χ1) is 16.5. The number of fused-ring (bicyclic) bond motifs is 1. The van der Waals surface area contributed by atoms with Gasteiger partial charge < -0.3 is 14.5 Å². The highest BCUT2D eigenvalue weighted by Gasteiger charge is 2.36. The maximum atomic E-state index is 13.6. The fourth-order valence-electron chi connectivity index (χ4n) is 5.74. The number of piperidine rings is 1. The first-order valence-electron chi connectivity index (χ1n) is 12.6. The molecule has 0 saturated carbocycles. The summed E-state index contributed by atoms with van der Waals surface area (Å²) >= 11 is 0. The lowest BCUT2D eigenvalue weighted by atomic mass is 9.71. The molecule has 1 aliphatic carbocycles. The fraction of sp³-hybridized carbons (Fsp3) is 0.448. The summed E-state index contributed by atoms with van der Waals surface area (Å²) in [4.78, 5) is 29.0. The lowest BCUT2D eigenvalue weighted by Gasteiger charge is -2.34. The predicted molar refractivity (Wildman–Crippen MR) is 134 cm³/mol. The van der Waals surface area contributed by atoms with Crippen molar-refractivity contribution in [1.82, 2.24) is 4.90 Å². The zero-order valence-corrected chi connectivity index (χ0v) is 20.0. The summed E-state index contributed by atoms with van der Waals surface area (Å²) in [5, 5.41) is 0. The molecule has 1 saturated heterocycles. The summed E-state index contributed by atoms with van der Waals surface area (Å²) < 4.78 is 6.15. The van der Waals surface area contributed by atoms with Crippen LogP contribution in [-0.2, 0) is 11.2 Å². The second kappa shape index (κ2) is 9.65. The topological polar surface area (TPSA) is 49.9 Å². The number of carbonyl (C=O) groups is 2. The molecule has 178 valence electrons. The van der Waals surface area contributed by atoms with Crippen LogP contribution in [0.4, 0.5) is 5.69 Å². The van der Waals surface area contributed by atoms with Gasteiger partial charge in [0.25, 0.3) is 5.91 Å². The Labute approximate surface area is 202 Å². The third kappa shape index (κ3) is 4.75. The quantitative estimate of drug-likeness (QED) is 0.579. The van der Waals surface area contributed by atoms with Crippen LogP contribution in [0.25, 0.3) is 0 Å². The van der Waals surface area contributed by atoms with Crippen LogP contribution >= 0.6 is 0 Å². The molecule has 1 spiro atoms. The van der Waals surface area contributed by atoms with Crippen molar-refractivity contribution >= 4 is 17.5 Å². The maximum absolute atomic E-state index is 13.6. The number of allylic oxidation sites excluding steroid dienone is 2. The van der Waals surface area contributed by atoms with E-state index < -0.39 is 0 Å². The van der Waals surface area contributed by atoms with Crippen molar-refractivity contribution in [3.63, 3.8) is 0 Å². The fourth-order valence-corrected chi connectivity index (χ4v) is 5.74. The Bertz CT molecular complexity index is 1070. The third-order valence-corrected chi connectivity index (χ3v) is 7.81. The third-order valence-electron chi connectivity index (χ3n) is 7.81. The minimum atomic E-state index is 0.0529. The number of benzene rings is 2. The predicted octanol–water partition coefficient (Wildman–Crippen LogP) is 5.40. The van der Waals surface area contributed by atoms with Crippen molar-refractivity contribution in [2.24, 2.45) is 5.41 Å². The molecule has 1 atom stereocenters. The van der Waals surface area contributed by atoms with E-state index in [1.54, 1.807) is 6.92 Å². The number of ether oxygens (including phenoxy) is 1. The second-order valence-corrected chi connectivity index (χ2v) is 10.1. The van der Waals surface area contributed by atoms with Gasteiger partial charge in [-0.1, -0.05) is 30.4 Å². The van der Waals surface area contributed by atoms with Crippen molar-refractivity contribution in [2.45, 2.75) is 58.0 Å². The van der Waals surface area contributed by atoms with Crippen LogP contribution in [0.3, 0.4) is 0 Å². The molecule has 2 aliphatic heterocycles. The molecule has 2 heterocycles. The van der Waals surface area contributed by atoms with Crippen LogP contribution in [-0.4, -0.2) is 42.5 Å². The number of carbonyl (C=O) groups excluding carboxylic acids is 2. The highest BCUT2D eigenvalue weighted by molar-refractivity contribution is 6.06. The lowest BCUT2D eigenvalue weighted by Crippen LogP contribution is -2.40. The summed E-state index contributed by atoms with van der Waals surface area (Å²) in [6, 6.07) is 16.0. The van der Waals surface area contributed by atoms with Crippen molar-refractivity contribution in [2.75, 3.05) is 24.5 Å². The molecule has 5 rings (SSSR count). The van der Waals surface area contributed by atoms with Crippen molar-refractivity contribution in [3.05, 3.63) is 71.8 Å². The van der Waals surface area contributed by atoms with Crippen LogP contribution in [0.2, 0.25) is 0 Å². The molecule has 0 N–H and O–H groups in total. The summed E-state index contributed by atoms with van der Waals surface area (Å²) in [7, 11) is 0. The number of para-hydroxylation sites is 1. The first-order valence-corrected chi connectivity index (χ1v) is 12.6. The number of nitrogens with zero attached hydrogens (tertiary/aromatic N) is 2. The van der Waals surface area contributed by atoms with E-state index in [-0.39, 0.29) is 23.3 Å². The summed E-state index contributed by atoms with van der Waals surface area (Å²) in [5.41, 5.74) is 3.28. The van der Waals surface area contributed by atoms with Gasteiger partial charge in [0.1, 0.15) is 11.9 Å². The highest BCUT2D eigenvalue weighted by Crippen LogP contribution is 2.44. The molecule has 2 amide bonds. The van der Waals surface area contributed by atoms with E-state index in [9.17, 15) is 9.59 Å². The number of hydrogen-bond acceptors (Lipinski definition) is 3. The molecule has 2 aromatic carbocycles. The van der Waals surface area contributed by atoms with Gasteiger partial charge in [-0.2, -0.15) is 0 Å². The van der Waals surface area contributed by atoms with Gasteiger partial charge >= 0.3 is 0 Å². The van der Waals surface area contributed by atoms with E-state index in [1.807, 2.05) is 40.1 Å². The van der Waals surface area contributed by atoms with Gasteiger partial charge in [-0.3, -0.25) is 9.59 Å². The Hall–Kier alpha value is -3.08. The average molecular weight is 459 g/mol. The molecule has 5 heteroatoms. The molecule has 1 unspecified atom stereocenters. The Morgan fingerprint density at radius 2 is 1.71 bits per heavy atom. The van der Waals surface area contributed by atoms with E-state index in [2.05, 4.69) is 30.4 Å². The number of anilines is 1. The van der Waals surface area contributed by atoms with E-state index in [1.165, 1.54) is 12.0 Å². The van der Waals surface area contributed by atoms with Gasteiger partial charge in [0.05, 0.1) is 0 Å². The SMILES string of the molecule is CC(=O)N1CCC(Oc2ccc(C(=O)N3CCC4(CC=CCC4)Cc4ccccc43)cc2)CC1. The van der Waals surface area contributed by atoms with Crippen LogP contribution in [0.5, 0.6) is 5.75 Å². The number of likely N-dealkylation sites (tertiary alicyclic amines) is 1. The monoisotopic (exact) mass is 458 g/mol. The molecule has 5 nitrogen and oxygen atoms in total. The molecule has 0 bridgehead atoms. The lowest BCUT2D eigenvalue weighted by molar-refractivity contribution is -0.130. The summed E-state index contributed by atoms with van der Waals surface area (Å²) in [6.07, 6.45) is 11.9. The second-order valence-electron chi connectivity index (χ2n) is 10.1. The van der Waals surface area contributed by atoms with Gasteiger partial charge in [0.15, 0.2) is 0 Å². The van der Waals surface area contributed by atoms with Crippen molar-refractivity contribution in [1.29, 1.82) is 0 Å². The molecule has 34 heavy (non-hydrogen) atoms. The zero-order valence-electron chi connectivity index (χ0n) is 20.0. The standard InChI is InChI=1S/C29H34N2O3/c1-22(32)30-18-13-26(14-19-30)34-25-11-9-23(10-12-25)28(33)31-20-17-29(15-5-2-6-16-29)21-24-7-3-4-8-27(24)31/h2-5,7-12,26H,6,13-21H2,1H3. The van der Waals surface area contributed by atoms with E-state index in [0.717, 1.165) is 69.6 Å². The number of rotatable bonds is 3. The highest BCUT2D eigenvalue weighted by atomic mass is 16.5. The molecule has 3 aliphatic rings. The van der Waals surface area contributed by atoms with E-state index in [4.69, 9.17) is 4.74 Å². The molecular weight excluding hydrogens is 424 g/mol. The molecule has 0 radical (unpaired) electrons. The molecule has 1 fully saturated rings. The van der Waals surface area contributed by atoms with E-state index in [0.29, 0.717) is 5.56 Å². The van der Waals surface area contributed by atoms with Crippen LogP contribution in [0.15, 0.2) is 60.7 Å². The normalized spacial score (nSPS) is 22.9. The minimum absolute atomic E-state index is 0.0529. The van der Waals surface area contributed by atoms with Gasteiger partial charge in [-0.05, 0) is 73.4 Å². The van der Waals surface area contributed by atoms with Gasteiger partial charge in [0, 0.05) is 50.7 Å². The van der Waals surface area contributed by atoms with Gasteiger partial charge in [-0.15, -0.1) is 0 Å². The Morgan fingerprint density at radius 1 is 0.941 bits per heavy atom. The molecular formula is C29H34N2O3. The first kappa shape index (κ1) is 22.7. The van der Waals surface area contributed by atoms with Crippen LogP contribution in [0, 0.1) is 5.41 Å². The Balaban J connectivity index is 1.29. The molecule has 0 aromatic heterocycles. The van der Waals surface area contributed by atoms with E-state index >= 15 is 0 Å². The number of hydrogen-bond donors (Lipinski definition) is 0. The average Bonchev–Trinajstić information content (AvgIpc) is 3.01. The summed E-state index contributed by atoms with van der Waals surface area (Å²) in [6.45, 7) is 3.84. The smallest absolute Gasteiger partial charge is 0.258 e. The molecule has 2 aromatic rings. The van der Waals surface area contributed by atoms with Crippen LogP contribution in [0.1, 0.15) is 61.4 Å². The van der Waals surface area contributed by atoms with Crippen LogP contribution < -0.4 is 9.64 Å².